The molecule has 0 saturated carbocycles. The fraction of sp³-hybridized carbons (Fsp3) is 0.120. The number of aliphatic carboxylic acids is 1. The van der Waals surface area contributed by atoms with E-state index in [4.69, 9.17) is 4.74 Å². The van der Waals surface area contributed by atoms with Crippen LogP contribution >= 0.6 is 0 Å². The molecule has 0 fully saturated rings. The third kappa shape index (κ3) is 4.14. The lowest BCUT2D eigenvalue weighted by atomic mass is 9.96. The number of ether oxygens (including phenoxy) is 1. The Labute approximate surface area is 180 Å². The van der Waals surface area contributed by atoms with Gasteiger partial charge in [-0.1, -0.05) is 48.5 Å². The molecule has 0 saturated heterocycles. The fourth-order valence-corrected chi connectivity index (χ4v) is 3.81. The predicted octanol–water partition coefficient (Wildman–Crippen LogP) is 4.62. The van der Waals surface area contributed by atoms with Crippen molar-refractivity contribution in [2.75, 3.05) is 17.3 Å². The first-order chi connectivity index (χ1) is 15.1. The van der Waals surface area contributed by atoms with Crippen molar-refractivity contribution < 1.29 is 19.4 Å². The van der Waals surface area contributed by atoms with Gasteiger partial charge in [0.2, 0.25) is 0 Å². The van der Waals surface area contributed by atoms with Gasteiger partial charge in [-0.25, -0.2) is 0 Å². The molecular formula is C25H22N2O4. The molecule has 2 N–H and O–H groups in total. The fourth-order valence-electron chi connectivity index (χ4n) is 3.81. The van der Waals surface area contributed by atoms with Crippen molar-refractivity contribution in [1.82, 2.24) is 0 Å². The molecule has 0 unspecified atom stereocenters. The Morgan fingerprint density at radius 1 is 0.968 bits per heavy atom. The molecule has 0 aromatic heterocycles. The number of carboxylic acids is 1. The molecule has 6 nitrogen and oxygen atoms in total. The zero-order valence-corrected chi connectivity index (χ0v) is 17.0. The highest BCUT2D eigenvalue weighted by Crippen LogP contribution is 2.43. The van der Waals surface area contributed by atoms with Gasteiger partial charge in [-0.15, -0.1) is 0 Å². The summed E-state index contributed by atoms with van der Waals surface area (Å²) in [6.45, 7) is 0. The minimum Gasteiger partial charge on any atom is -0.497 e. The summed E-state index contributed by atoms with van der Waals surface area (Å²) in [5.74, 6) is -0.582. The number of carbonyl (C=O) groups excluding carboxylic acids is 1. The van der Waals surface area contributed by atoms with E-state index in [-0.39, 0.29) is 12.3 Å². The van der Waals surface area contributed by atoms with Crippen molar-refractivity contribution in [3.05, 3.63) is 102 Å². The van der Waals surface area contributed by atoms with Gasteiger partial charge in [0.15, 0.2) is 0 Å². The maximum absolute atomic E-state index is 13.6. The lowest BCUT2D eigenvalue weighted by Crippen LogP contribution is -2.31. The van der Waals surface area contributed by atoms with E-state index < -0.39 is 12.0 Å². The maximum Gasteiger partial charge on any atom is 0.307 e. The van der Waals surface area contributed by atoms with E-state index in [0.29, 0.717) is 22.7 Å². The molecule has 1 aliphatic rings. The van der Waals surface area contributed by atoms with Crippen LogP contribution in [0.1, 0.15) is 18.0 Å². The number of benzene rings is 3. The zero-order chi connectivity index (χ0) is 21.8. The van der Waals surface area contributed by atoms with E-state index in [0.717, 1.165) is 11.3 Å². The van der Waals surface area contributed by atoms with Crippen molar-refractivity contribution in [3.8, 4) is 5.75 Å². The second-order valence-corrected chi connectivity index (χ2v) is 7.15. The van der Waals surface area contributed by atoms with Crippen molar-refractivity contribution in [3.63, 3.8) is 0 Å². The summed E-state index contributed by atoms with van der Waals surface area (Å²) in [5.41, 5.74) is 3.02. The molecule has 4 rings (SSSR count). The average Bonchev–Trinajstić information content (AvgIpc) is 3.06. The summed E-state index contributed by atoms with van der Waals surface area (Å²) in [6, 6.07) is 25.3. The first-order valence-corrected chi connectivity index (χ1v) is 9.88. The quantitative estimate of drug-likeness (QED) is 0.590. The highest BCUT2D eigenvalue weighted by molar-refractivity contribution is 6.12. The Hall–Kier alpha value is -4.06. The number of anilines is 2. The van der Waals surface area contributed by atoms with Gasteiger partial charge in [0.25, 0.3) is 5.91 Å². The molecule has 3 aromatic rings. The predicted molar refractivity (Wildman–Crippen MR) is 119 cm³/mol. The summed E-state index contributed by atoms with van der Waals surface area (Å²) in [6.07, 6.45) is -0.263. The molecule has 31 heavy (non-hydrogen) atoms. The SMILES string of the molecule is COc1ccc([C@H]2C(CC(=O)O)=C(Nc3ccccc3)C(=O)N2c2ccccc2)cc1. The first-order valence-electron chi connectivity index (χ1n) is 9.88. The summed E-state index contributed by atoms with van der Waals surface area (Å²) < 4.78 is 5.26. The van der Waals surface area contributed by atoms with Gasteiger partial charge in [-0.05, 0) is 47.5 Å². The molecule has 1 aliphatic heterocycles. The highest BCUT2D eigenvalue weighted by atomic mass is 16.5. The molecule has 1 heterocycles. The molecule has 0 spiro atoms. The Kier molecular flexibility index (Phi) is 5.71. The molecule has 0 radical (unpaired) electrons. The van der Waals surface area contributed by atoms with E-state index in [9.17, 15) is 14.7 Å². The minimum atomic E-state index is -0.997. The number of carbonyl (C=O) groups is 2. The maximum atomic E-state index is 13.6. The molecule has 0 aliphatic carbocycles. The molecular weight excluding hydrogens is 392 g/mol. The number of amides is 1. The van der Waals surface area contributed by atoms with Gasteiger partial charge in [-0.2, -0.15) is 0 Å². The number of nitrogens with zero attached hydrogens (tertiary/aromatic N) is 1. The van der Waals surface area contributed by atoms with Crippen LogP contribution in [0.25, 0.3) is 0 Å². The van der Waals surface area contributed by atoms with E-state index >= 15 is 0 Å². The van der Waals surface area contributed by atoms with Crippen LogP contribution in [0.15, 0.2) is 96.2 Å². The van der Waals surface area contributed by atoms with Crippen molar-refractivity contribution in [2.24, 2.45) is 0 Å². The van der Waals surface area contributed by atoms with E-state index in [1.165, 1.54) is 0 Å². The summed E-state index contributed by atoms with van der Waals surface area (Å²) in [5, 5.41) is 12.8. The van der Waals surface area contributed by atoms with Crippen LogP contribution in [-0.2, 0) is 9.59 Å². The van der Waals surface area contributed by atoms with E-state index in [2.05, 4.69) is 5.32 Å². The number of carboxylic acid groups (broad SMARTS) is 1. The van der Waals surface area contributed by atoms with Crippen LogP contribution in [-0.4, -0.2) is 24.1 Å². The molecule has 1 atom stereocenters. The lowest BCUT2D eigenvalue weighted by Gasteiger charge is -2.27. The number of methoxy groups -OCH3 is 1. The summed E-state index contributed by atoms with van der Waals surface area (Å²) in [7, 11) is 1.59. The van der Waals surface area contributed by atoms with Gasteiger partial charge in [0.05, 0.1) is 19.6 Å². The largest absolute Gasteiger partial charge is 0.497 e. The van der Waals surface area contributed by atoms with Gasteiger partial charge < -0.3 is 15.2 Å². The number of hydrogen-bond acceptors (Lipinski definition) is 4. The molecule has 6 heteroatoms. The minimum absolute atomic E-state index is 0.263. The lowest BCUT2D eigenvalue weighted by molar-refractivity contribution is -0.136. The zero-order valence-electron chi connectivity index (χ0n) is 17.0. The van der Waals surface area contributed by atoms with Crippen LogP contribution in [0.3, 0.4) is 0 Å². The third-order valence-corrected chi connectivity index (χ3v) is 5.19. The van der Waals surface area contributed by atoms with Gasteiger partial charge in [0, 0.05) is 11.4 Å². The van der Waals surface area contributed by atoms with E-state index in [1.807, 2.05) is 84.9 Å². The number of para-hydroxylation sites is 2. The number of rotatable bonds is 7. The van der Waals surface area contributed by atoms with Crippen molar-refractivity contribution in [1.29, 1.82) is 0 Å². The Bertz CT molecular complexity index is 1110. The number of hydrogen-bond donors (Lipinski definition) is 2. The first kappa shape index (κ1) is 20.2. The van der Waals surface area contributed by atoms with Gasteiger partial charge in [-0.3, -0.25) is 14.5 Å². The third-order valence-electron chi connectivity index (χ3n) is 5.19. The van der Waals surface area contributed by atoms with Crippen LogP contribution < -0.4 is 15.0 Å². The molecule has 156 valence electrons. The van der Waals surface area contributed by atoms with Crippen LogP contribution in [0.2, 0.25) is 0 Å². The van der Waals surface area contributed by atoms with E-state index in [1.54, 1.807) is 12.0 Å². The molecule has 0 bridgehead atoms. The Morgan fingerprint density at radius 2 is 1.58 bits per heavy atom. The second-order valence-electron chi connectivity index (χ2n) is 7.15. The van der Waals surface area contributed by atoms with Gasteiger partial charge in [0.1, 0.15) is 11.4 Å². The van der Waals surface area contributed by atoms with Crippen LogP contribution in [0.5, 0.6) is 5.75 Å². The smallest absolute Gasteiger partial charge is 0.307 e. The molecule has 1 amide bonds. The monoisotopic (exact) mass is 414 g/mol. The Balaban J connectivity index is 1.86. The molecule has 3 aromatic carbocycles. The van der Waals surface area contributed by atoms with Crippen molar-refractivity contribution in [2.45, 2.75) is 12.5 Å². The Morgan fingerprint density at radius 3 is 2.16 bits per heavy atom. The summed E-state index contributed by atoms with van der Waals surface area (Å²) in [4.78, 5) is 27.0. The second kappa shape index (κ2) is 8.75. The standard InChI is InChI=1S/C25H22N2O4/c1-31-20-14-12-17(13-15-20)24-21(16-22(28)29)23(26-18-8-4-2-5-9-18)25(30)27(24)19-10-6-3-7-11-19/h2-15,24,26H,16H2,1H3,(H,28,29)/t24-/m0/s1. The van der Waals surface area contributed by atoms with Crippen LogP contribution in [0.4, 0.5) is 11.4 Å². The topological polar surface area (TPSA) is 78.9 Å². The number of nitrogens with one attached hydrogen (secondary N) is 1. The van der Waals surface area contributed by atoms with Crippen molar-refractivity contribution >= 4 is 23.3 Å². The summed E-state index contributed by atoms with van der Waals surface area (Å²) >= 11 is 0. The highest BCUT2D eigenvalue weighted by Gasteiger charge is 2.41. The van der Waals surface area contributed by atoms with Crippen LogP contribution in [0, 0.1) is 0 Å². The van der Waals surface area contributed by atoms with Gasteiger partial charge >= 0.3 is 5.97 Å². The normalized spacial score (nSPS) is 15.8. The average molecular weight is 414 g/mol.